The number of aromatic nitrogens is 2. The highest BCUT2D eigenvalue weighted by atomic mass is 16.5. The molecule has 0 atom stereocenters. The van der Waals surface area contributed by atoms with Crippen LogP contribution in [0, 0.1) is 6.92 Å². The van der Waals surface area contributed by atoms with Gasteiger partial charge in [-0.05, 0) is 26.7 Å². The summed E-state index contributed by atoms with van der Waals surface area (Å²) in [5.41, 5.74) is 7.85. The van der Waals surface area contributed by atoms with Gasteiger partial charge in [-0.15, -0.1) is 0 Å². The van der Waals surface area contributed by atoms with Crippen molar-refractivity contribution in [3.05, 3.63) is 5.69 Å². The Labute approximate surface area is 103 Å². The number of rotatable bonds is 3. The van der Waals surface area contributed by atoms with Gasteiger partial charge in [-0.25, -0.2) is 4.68 Å². The zero-order chi connectivity index (χ0) is 12.4. The predicted molar refractivity (Wildman–Crippen MR) is 69.3 cm³/mol. The van der Waals surface area contributed by atoms with Crippen molar-refractivity contribution >= 4 is 11.5 Å². The van der Waals surface area contributed by atoms with Crippen LogP contribution in [0.15, 0.2) is 0 Å². The van der Waals surface area contributed by atoms with Crippen molar-refractivity contribution in [3.8, 4) is 0 Å². The summed E-state index contributed by atoms with van der Waals surface area (Å²) in [5.74, 6) is 1.05. The Balaban J connectivity index is 2.25. The molecule has 0 saturated carbocycles. The standard InChI is InChI=1S/C12H22N4O/c1-4-16-12(11(13)9(2)14-16)15(3)10-5-7-17-8-6-10/h10H,4-8,13H2,1-3H3. The molecule has 1 aliphatic heterocycles. The summed E-state index contributed by atoms with van der Waals surface area (Å²) in [6.45, 7) is 6.58. The SMILES string of the molecule is CCn1nc(C)c(N)c1N(C)C1CCOCC1. The van der Waals surface area contributed by atoms with Gasteiger partial charge in [-0.1, -0.05) is 0 Å². The first kappa shape index (κ1) is 12.2. The van der Waals surface area contributed by atoms with E-state index in [1.807, 2.05) is 11.6 Å². The maximum absolute atomic E-state index is 6.13. The molecule has 0 unspecified atom stereocenters. The molecule has 5 heteroatoms. The summed E-state index contributed by atoms with van der Waals surface area (Å²) in [6.07, 6.45) is 2.12. The van der Waals surface area contributed by atoms with Crippen LogP contribution < -0.4 is 10.6 Å². The van der Waals surface area contributed by atoms with Crippen LogP contribution in [0.25, 0.3) is 0 Å². The van der Waals surface area contributed by atoms with Crippen molar-refractivity contribution in [2.24, 2.45) is 0 Å². The highest BCUT2D eigenvalue weighted by molar-refractivity contribution is 5.66. The van der Waals surface area contributed by atoms with Gasteiger partial charge in [0.15, 0.2) is 5.82 Å². The van der Waals surface area contributed by atoms with Gasteiger partial charge in [0.25, 0.3) is 0 Å². The van der Waals surface area contributed by atoms with Crippen LogP contribution in [-0.4, -0.2) is 36.1 Å². The van der Waals surface area contributed by atoms with Crippen molar-refractivity contribution in [1.29, 1.82) is 0 Å². The zero-order valence-corrected chi connectivity index (χ0v) is 10.9. The van der Waals surface area contributed by atoms with E-state index in [2.05, 4.69) is 24.0 Å². The molecule has 1 aromatic rings. The first-order chi connectivity index (χ1) is 8.15. The van der Waals surface area contributed by atoms with Crippen LogP contribution >= 0.6 is 0 Å². The molecule has 1 saturated heterocycles. The summed E-state index contributed by atoms with van der Waals surface area (Å²) in [7, 11) is 2.11. The maximum Gasteiger partial charge on any atom is 0.150 e. The normalized spacial score (nSPS) is 17.4. The van der Waals surface area contributed by atoms with E-state index in [0.29, 0.717) is 6.04 Å². The van der Waals surface area contributed by atoms with E-state index in [4.69, 9.17) is 10.5 Å². The van der Waals surface area contributed by atoms with Gasteiger partial charge in [0.05, 0.1) is 11.4 Å². The van der Waals surface area contributed by atoms with Crippen LogP contribution in [0.4, 0.5) is 11.5 Å². The van der Waals surface area contributed by atoms with Crippen molar-refractivity contribution in [1.82, 2.24) is 9.78 Å². The van der Waals surface area contributed by atoms with E-state index >= 15 is 0 Å². The Hall–Kier alpha value is -1.23. The molecule has 1 aromatic heterocycles. The molecule has 96 valence electrons. The van der Waals surface area contributed by atoms with Gasteiger partial charge < -0.3 is 15.4 Å². The summed E-state index contributed by atoms with van der Waals surface area (Å²) in [4.78, 5) is 2.27. The average Bonchev–Trinajstić information content (AvgIpc) is 2.65. The fourth-order valence-electron chi connectivity index (χ4n) is 2.42. The Morgan fingerprint density at radius 1 is 1.47 bits per heavy atom. The number of nitrogens with two attached hydrogens (primary N) is 1. The molecular weight excluding hydrogens is 216 g/mol. The van der Waals surface area contributed by atoms with E-state index in [0.717, 1.165) is 49.8 Å². The summed E-state index contributed by atoms with van der Waals surface area (Å²) in [5, 5.41) is 4.46. The van der Waals surface area contributed by atoms with E-state index < -0.39 is 0 Å². The van der Waals surface area contributed by atoms with Gasteiger partial charge in [-0.2, -0.15) is 5.10 Å². The lowest BCUT2D eigenvalue weighted by atomic mass is 10.1. The summed E-state index contributed by atoms with van der Waals surface area (Å²) >= 11 is 0. The summed E-state index contributed by atoms with van der Waals surface area (Å²) < 4.78 is 7.38. The lowest BCUT2D eigenvalue weighted by Gasteiger charge is -2.33. The summed E-state index contributed by atoms with van der Waals surface area (Å²) in [6, 6.07) is 0.507. The highest BCUT2D eigenvalue weighted by Gasteiger charge is 2.24. The molecule has 2 rings (SSSR count). The minimum atomic E-state index is 0.507. The fourth-order valence-corrected chi connectivity index (χ4v) is 2.42. The van der Waals surface area contributed by atoms with Crippen molar-refractivity contribution in [3.63, 3.8) is 0 Å². The molecule has 1 aliphatic rings. The number of ether oxygens (including phenoxy) is 1. The average molecular weight is 238 g/mol. The molecule has 0 aromatic carbocycles. The maximum atomic E-state index is 6.13. The minimum absolute atomic E-state index is 0.507. The molecule has 0 radical (unpaired) electrons. The second-order valence-corrected chi connectivity index (χ2v) is 4.59. The smallest absolute Gasteiger partial charge is 0.150 e. The monoisotopic (exact) mass is 238 g/mol. The predicted octanol–water partition coefficient (Wildman–Crippen LogP) is 1.41. The topological polar surface area (TPSA) is 56.3 Å². The molecule has 0 aliphatic carbocycles. The Morgan fingerprint density at radius 2 is 2.12 bits per heavy atom. The molecule has 0 bridgehead atoms. The lowest BCUT2D eigenvalue weighted by Crippen LogP contribution is -2.38. The molecule has 17 heavy (non-hydrogen) atoms. The van der Waals surface area contributed by atoms with Crippen LogP contribution in [-0.2, 0) is 11.3 Å². The Morgan fingerprint density at radius 3 is 2.71 bits per heavy atom. The second-order valence-electron chi connectivity index (χ2n) is 4.59. The lowest BCUT2D eigenvalue weighted by molar-refractivity contribution is 0.0852. The molecule has 0 spiro atoms. The van der Waals surface area contributed by atoms with Crippen LogP contribution in [0.3, 0.4) is 0 Å². The van der Waals surface area contributed by atoms with E-state index in [1.165, 1.54) is 0 Å². The molecule has 2 N–H and O–H groups in total. The number of nitrogen functional groups attached to an aromatic ring is 1. The van der Waals surface area contributed by atoms with Gasteiger partial charge in [0, 0.05) is 32.8 Å². The first-order valence-electron chi connectivity index (χ1n) is 6.28. The zero-order valence-electron chi connectivity index (χ0n) is 10.9. The molecular formula is C12H22N4O. The first-order valence-corrected chi connectivity index (χ1v) is 6.28. The number of nitrogens with zero attached hydrogens (tertiary/aromatic N) is 3. The quantitative estimate of drug-likeness (QED) is 0.865. The van der Waals surface area contributed by atoms with Gasteiger partial charge in [0.1, 0.15) is 0 Å². The third-order valence-corrected chi connectivity index (χ3v) is 3.52. The highest BCUT2D eigenvalue weighted by Crippen LogP contribution is 2.29. The molecule has 1 fully saturated rings. The van der Waals surface area contributed by atoms with E-state index in [-0.39, 0.29) is 0 Å². The molecule has 5 nitrogen and oxygen atoms in total. The number of hydrogen-bond donors (Lipinski definition) is 1. The van der Waals surface area contributed by atoms with Gasteiger partial charge in [0.2, 0.25) is 0 Å². The van der Waals surface area contributed by atoms with Crippen molar-refractivity contribution < 1.29 is 4.74 Å². The third kappa shape index (κ3) is 2.24. The van der Waals surface area contributed by atoms with Crippen LogP contribution in [0.1, 0.15) is 25.5 Å². The van der Waals surface area contributed by atoms with Gasteiger partial charge in [-0.3, -0.25) is 0 Å². The van der Waals surface area contributed by atoms with E-state index in [9.17, 15) is 0 Å². The Bertz CT molecular complexity index is 382. The Kier molecular flexibility index (Phi) is 3.57. The van der Waals surface area contributed by atoms with Crippen LogP contribution in [0.2, 0.25) is 0 Å². The number of aryl methyl sites for hydroxylation is 2. The molecule has 0 amide bonds. The second kappa shape index (κ2) is 4.96. The number of hydrogen-bond acceptors (Lipinski definition) is 4. The van der Waals surface area contributed by atoms with E-state index in [1.54, 1.807) is 0 Å². The van der Waals surface area contributed by atoms with Crippen molar-refractivity contribution in [2.75, 3.05) is 30.9 Å². The van der Waals surface area contributed by atoms with Crippen LogP contribution in [0.5, 0.6) is 0 Å². The molecule has 2 heterocycles. The largest absolute Gasteiger partial charge is 0.394 e. The van der Waals surface area contributed by atoms with Crippen molar-refractivity contribution in [2.45, 2.75) is 39.3 Å². The van der Waals surface area contributed by atoms with Gasteiger partial charge >= 0.3 is 0 Å². The number of anilines is 2. The minimum Gasteiger partial charge on any atom is -0.394 e. The fraction of sp³-hybridized carbons (Fsp3) is 0.750. The third-order valence-electron chi connectivity index (χ3n) is 3.52.